The van der Waals surface area contributed by atoms with Crippen molar-refractivity contribution in [1.82, 2.24) is 4.90 Å². The van der Waals surface area contributed by atoms with Gasteiger partial charge in [0.25, 0.3) is 5.91 Å². The molecular formula is C19H15NO5S2. The highest BCUT2D eigenvalue weighted by Gasteiger charge is 2.32. The van der Waals surface area contributed by atoms with Gasteiger partial charge in [0.15, 0.2) is 23.0 Å². The summed E-state index contributed by atoms with van der Waals surface area (Å²) in [6, 6.07) is 10.5. The van der Waals surface area contributed by atoms with Gasteiger partial charge in [-0.05, 0) is 41.5 Å². The van der Waals surface area contributed by atoms with Crippen molar-refractivity contribution in [3.8, 4) is 23.0 Å². The van der Waals surface area contributed by atoms with Gasteiger partial charge < -0.3 is 19.3 Å². The zero-order valence-electron chi connectivity index (χ0n) is 14.3. The number of amides is 1. The zero-order valence-corrected chi connectivity index (χ0v) is 15.9. The second-order valence-electron chi connectivity index (χ2n) is 5.89. The standard InChI is InChI=1S/C19H15NO5S2/c1-23-15-6-11(2-4-13(15)21)8-17-18(22)20(19(26)27-17)9-12-3-5-14-16(7-12)25-10-24-14/h2-8,21H,9-10H2,1H3/b17-8-. The smallest absolute Gasteiger partial charge is 0.266 e. The fourth-order valence-corrected chi connectivity index (χ4v) is 4.05. The lowest BCUT2D eigenvalue weighted by Gasteiger charge is -2.14. The van der Waals surface area contributed by atoms with Crippen LogP contribution in [-0.2, 0) is 11.3 Å². The molecule has 27 heavy (non-hydrogen) atoms. The average molecular weight is 401 g/mol. The number of hydrogen-bond donors (Lipinski definition) is 1. The van der Waals surface area contributed by atoms with Crippen LogP contribution in [0, 0.1) is 0 Å². The summed E-state index contributed by atoms with van der Waals surface area (Å²) in [6.07, 6.45) is 1.74. The first-order valence-corrected chi connectivity index (χ1v) is 9.28. The molecule has 0 spiro atoms. The molecule has 0 unspecified atom stereocenters. The minimum absolute atomic E-state index is 0.0463. The third-order valence-corrected chi connectivity index (χ3v) is 5.53. The van der Waals surface area contributed by atoms with Crippen molar-refractivity contribution in [1.29, 1.82) is 0 Å². The summed E-state index contributed by atoms with van der Waals surface area (Å²) in [5, 5.41) is 9.70. The van der Waals surface area contributed by atoms with Crippen molar-refractivity contribution < 1.29 is 24.1 Å². The molecule has 2 aliphatic heterocycles. The van der Waals surface area contributed by atoms with Crippen molar-refractivity contribution in [3.63, 3.8) is 0 Å². The molecule has 1 amide bonds. The monoisotopic (exact) mass is 401 g/mol. The molecule has 8 heteroatoms. The van der Waals surface area contributed by atoms with Crippen molar-refractivity contribution in [2.75, 3.05) is 13.9 Å². The van der Waals surface area contributed by atoms with Gasteiger partial charge >= 0.3 is 0 Å². The van der Waals surface area contributed by atoms with Gasteiger partial charge in [-0.1, -0.05) is 36.1 Å². The van der Waals surface area contributed by atoms with Crippen LogP contribution >= 0.6 is 24.0 Å². The van der Waals surface area contributed by atoms with E-state index >= 15 is 0 Å². The fourth-order valence-electron chi connectivity index (χ4n) is 2.79. The maximum Gasteiger partial charge on any atom is 0.266 e. The Kier molecular flexibility index (Phi) is 4.67. The number of benzene rings is 2. The number of thioether (sulfide) groups is 1. The van der Waals surface area contributed by atoms with Crippen LogP contribution in [0.1, 0.15) is 11.1 Å². The predicted octanol–water partition coefficient (Wildman–Crippen LogP) is 3.53. The van der Waals surface area contributed by atoms with Gasteiger partial charge in [0.2, 0.25) is 6.79 Å². The van der Waals surface area contributed by atoms with Gasteiger partial charge in [-0.2, -0.15) is 0 Å². The number of aromatic hydroxyl groups is 1. The molecule has 0 aromatic heterocycles. The Bertz CT molecular complexity index is 973. The van der Waals surface area contributed by atoms with Crippen molar-refractivity contribution >= 4 is 40.3 Å². The summed E-state index contributed by atoms with van der Waals surface area (Å²) in [7, 11) is 1.48. The molecule has 0 atom stereocenters. The number of phenols is 1. The number of carbonyl (C=O) groups is 1. The van der Waals surface area contributed by atoms with Gasteiger partial charge in [-0.25, -0.2) is 0 Å². The highest BCUT2D eigenvalue weighted by molar-refractivity contribution is 8.26. The van der Waals surface area contributed by atoms with E-state index in [-0.39, 0.29) is 18.4 Å². The van der Waals surface area contributed by atoms with Crippen molar-refractivity contribution in [2.24, 2.45) is 0 Å². The van der Waals surface area contributed by atoms with E-state index in [2.05, 4.69) is 0 Å². The molecule has 0 radical (unpaired) electrons. The normalized spacial score (nSPS) is 17.1. The van der Waals surface area contributed by atoms with E-state index in [0.717, 1.165) is 11.1 Å². The van der Waals surface area contributed by atoms with Crippen molar-refractivity contribution in [3.05, 3.63) is 52.4 Å². The summed E-state index contributed by atoms with van der Waals surface area (Å²) in [6.45, 7) is 0.566. The van der Waals surface area contributed by atoms with E-state index in [1.807, 2.05) is 18.2 Å². The quantitative estimate of drug-likeness (QED) is 0.621. The van der Waals surface area contributed by atoms with Crippen LogP contribution in [0.3, 0.4) is 0 Å². The molecule has 4 rings (SSSR count). The number of phenolic OH excluding ortho intramolecular Hbond substituents is 1. The number of methoxy groups -OCH3 is 1. The molecule has 1 N–H and O–H groups in total. The second kappa shape index (κ2) is 7.13. The molecule has 0 saturated carbocycles. The third kappa shape index (κ3) is 3.45. The van der Waals surface area contributed by atoms with Crippen LogP contribution in [-0.4, -0.2) is 34.1 Å². The largest absolute Gasteiger partial charge is 0.504 e. The third-order valence-electron chi connectivity index (χ3n) is 4.15. The number of fused-ring (bicyclic) bond motifs is 1. The number of rotatable bonds is 4. The Morgan fingerprint density at radius 3 is 2.89 bits per heavy atom. The first-order chi connectivity index (χ1) is 13.0. The Labute approximate surface area is 165 Å². The van der Waals surface area contributed by atoms with Crippen LogP contribution in [0.4, 0.5) is 0 Å². The van der Waals surface area contributed by atoms with Gasteiger partial charge in [-0.3, -0.25) is 9.69 Å². The highest BCUT2D eigenvalue weighted by Crippen LogP contribution is 2.37. The molecule has 0 bridgehead atoms. The minimum atomic E-state index is -0.158. The summed E-state index contributed by atoms with van der Waals surface area (Å²) in [4.78, 5) is 14.9. The number of ether oxygens (including phenoxy) is 3. The molecule has 0 aliphatic carbocycles. The van der Waals surface area contributed by atoms with Gasteiger partial charge in [0.05, 0.1) is 18.6 Å². The number of carbonyl (C=O) groups excluding carboxylic acids is 1. The van der Waals surface area contributed by atoms with Crippen molar-refractivity contribution in [2.45, 2.75) is 6.54 Å². The molecule has 2 aromatic rings. The molecular weight excluding hydrogens is 386 g/mol. The number of thiocarbonyl (C=S) groups is 1. The molecule has 1 saturated heterocycles. The lowest BCUT2D eigenvalue weighted by atomic mass is 10.1. The summed E-state index contributed by atoms with van der Waals surface area (Å²) in [5.74, 6) is 1.61. The van der Waals surface area contributed by atoms with E-state index < -0.39 is 0 Å². The molecule has 1 fully saturated rings. The molecule has 2 heterocycles. The van der Waals surface area contributed by atoms with E-state index in [9.17, 15) is 9.90 Å². The first-order valence-electron chi connectivity index (χ1n) is 8.06. The number of hydrogen-bond acceptors (Lipinski definition) is 7. The van der Waals surface area contributed by atoms with Gasteiger partial charge in [-0.15, -0.1) is 0 Å². The number of nitrogens with zero attached hydrogens (tertiary/aromatic N) is 1. The van der Waals surface area contributed by atoms with E-state index in [1.54, 1.807) is 23.1 Å². The van der Waals surface area contributed by atoms with Crippen LogP contribution in [0.5, 0.6) is 23.0 Å². The maximum absolute atomic E-state index is 12.8. The summed E-state index contributed by atoms with van der Waals surface area (Å²) < 4.78 is 16.3. The van der Waals surface area contributed by atoms with E-state index in [0.29, 0.717) is 33.0 Å². The molecule has 2 aromatic carbocycles. The van der Waals surface area contributed by atoms with Crippen LogP contribution in [0.2, 0.25) is 0 Å². The maximum atomic E-state index is 12.8. The minimum Gasteiger partial charge on any atom is -0.504 e. The van der Waals surface area contributed by atoms with Gasteiger partial charge in [0, 0.05) is 0 Å². The lowest BCUT2D eigenvalue weighted by molar-refractivity contribution is -0.122. The molecule has 6 nitrogen and oxygen atoms in total. The van der Waals surface area contributed by atoms with Crippen LogP contribution in [0.25, 0.3) is 6.08 Å². The summed E-state index contributed by atoms with van der Waals surface area (Å²) in [5.41, 5.74) is 1.65. The average Bonchev–Trinajstić information content (AvgIpc) is 3.23. The Hall–Kier alpha value is -2.71. The Balaban J connectivity index is 1.55. The molecule has 138 valence electrons. The lowest BCUT2D eigenvalue weighted by Crippen LogP contribution is -2.27. The van der Waals surface area contributed by atoms with Crippen LogP contribution in [0.15, 0.2) is 41.3 Å². The highest BCUT2D eigenvalue weighted by atomic mass is 32.2. The van der Waals surface area contributed by atoms with Gasteiger partial charge in [0.1, 0.15) is 4.32 Å². The van der Waals surface area contributed by atoms with E-state index in [4.69, 9.17) is 26.4 Å². The predicted molar refractivity (Wildman–Crippen MR) is 106 cm³/mol. The molecule has 2 aliphatic rings. The van der Waals surface area contributed by atoms with Crippen LogP contribution < -0.4 is 14.2 Å². The summed E-state index contributed by atoms with van der Waals surface area (Å²) >= 11 is 6.63. The fraction of sp³-hybridized carbons (Fsp3) is 0.158. The second-order valence-corrected chi connectivity index (χ2v) is 7.56. The Morgan fingerprint density at radius 1 is 1.26 bits per heavy atom. The zero-order chi connectivity index (χ0) is 19.0. The topological polar surface area (TPSA) is 68.2 Å². The van der Waals surface area contributed by atoms with E-state index in [1.165, 1.54) is 24.9 Å². The Morgan fingerprint density at radius 2 is 2.07 bits per heavy atom. The first kappa shape index (κ1) is 17.7. The SMILES string of the molecule is COc1cc(/C=C2\SC(=S)N(Cc3ccc4c(c3)OCO4)C2=O)ccc1O.